The van der Waals surface area contributed by atoms with Crippen LogP contribution in [0.3, 0.4) is 0 Å². The van der Waals surface area contributed by atoms with Gasteiger partial charge in [0.1, 0.15) is 4.49 Å². The van der Waals surface area contributed by atoms with E-state index in [1.807, 2.05) is 13.8 Å². The summed E-state index contributed by atoms with van der Waals surface area (Å²) in [4.78, 5) is 12.4. The SMILES string of the molecule is CC1(C)C(C=C(Cl)Cl)C1C(=O)NC(=S)Nc1cc(Cl)c(OC(F)(F)C(F)F)c(Cl)c1. The molecule has 1 aromatic carbocycles. The number of ether oxygens (including phenoxy) is 1. The summed E-state index contributed by atoms with van der Waals surface area (Å²) in [5, 5.41) is 4.03. The molecule has 0 aromatic heterocycles. The number of hydrogen-bond donors (Lipinski definition) is 2. The maximum atomic E-state index is 13.1. The molecule has 166 valence electrons. The smallest absolute Gasteiger partial charge is 0.425 e. The molecular formula is C17H14Cl4F4N2O2S. The Morgan fingerprint density at radius 3 is 2.27 bits per heavy atom. The number of allylic oxidation sites excluding steroid dienone is 1. The van der Waals surface area contributed by atoms with Crippen LogP contribution in [0.15, 0.2) is 22.7 Å². The Labute approximate surface area is 194 Å². The predicted molar refractivity (Wildman–Crippen MR) is 113 cm³/mol. The minimum atomic E-state index is -4.78. The fourth-order valence-electron chi connectivity index (χ4n) is 2.89. The van der Waals surface area contributed by atoms with Crippen LogP contribution in [0.4, 0.5) is 23.2 Å². The van der Waals surface area contributed by atoms with E-state index in [1.54, 1.807) is 6.08 Å². The maximum absolute atomic E-state index is 13.1. The van der Waals surface area contributed by atoms with Gasteiger partial charge in [-0.25, -0.2) is 0 Å². The van der Waals surface area contributed by atoms with E-state index in [-0.39, 0.29) is 32.5 Å². The van der Waals surface area contributed by atoms with Gasteiger partial charge in [0.2, 0.25) is 5.91 Å². The number of halogens is 8. The summed E-state index contributed by atoms with van der Waals surface area (Å²) in [5.41, 5.74) is -0.269. The lowest BCUT2D eigenvalue weighted by atomic mass is 10.1. The van der Waals surface area contributed by atoms with E-state index in [0.29, 0.717) is 0 Å². The Bertz CT molecular complexity index is 872. The van der Waals surface area contributed by atoms with Crippen LogP contribution in [0.1, 0.15) is 13.8 Å². The van der Waals surface area contributed by atoms with Gasteiger partial charge in [0.25, 0.3) is 0 Å². The molecule has 2 rings (SSSR count). The predicted octanol–water partition coefficient (Wildman–Crippen LogP) is 6.63. The number of carbonyl (C=O) groups excluding carboxylic acids is 1. The monoisotopic (exact) mass is 526 g/mol. The topological polar surface area (TPSA) is 50.4 Å². The van der Waals surface area contributed by atoms with Crippen molar-refractivity contribution in [2.24, 2.45) is 17.3 Å². The van der Waals surface area contributed by atoms with Gasteiger partial charge in [0.05, 0.1) is 16.0 Å². The standard InChI is InChI=1S/C17H14Cl4F4N2O2S/c1-16(2)7(5-10(20)21)11(16)13(28)27-15(30)26-6-3-8(18)12(9(19)4-6)29-17(24,25)14(22)23/h3-5,7,11,14H,1-2H3,(H2,26,27,28,30). The number of hydrogen-bond acceptors (Lipinski definition) is 3. The van der Waals surface area contributed by atoms with Gasteiger partial charge in [-0.15, -0.1) is 0 Å². The molecule has 2 unspecified atom stereocenters. The minimum absolute atomic E-state index is 0.0492. The summed E-state index contributed by atoms with van der Waals surface area (Å²) in [6.07, 6.45) is -7.29. The molecule has 2 atom stereocenters. The molecule has 13 heteroatoms. The van der Waals surface area contributed by atoms with E-state index in [1.165, 1.54) is 0 Å². The zero-order valence-electron chi connectivity index (χ0n) is 15.2. The van der Waals surface area contributed by atoms with Gasteiger partial charge in [-0.05, 0) is 41.8 Å². The highest BCUT2D eigenvalue weighted by atomic mass is 35.5. The van der Waals surface area contributed by atoms with Crippen molar-refractivity contribution >= 4 is 75.3 Å². The maximum Gasteiger partial charge on any atom is 0.461 e. The number of nitrogens with one attached hydrogen (secondary N) is 2. The van der Waals surface area contributed by atoms with Crippen LogP contribution in [0, 0.1) is 17.3 Å². The first-order valence-electron chi connectivity index (χ1n) is 8.15. The molecule has 1 aromatic rings. The van der Waals surface area contributed by atoms with E-state index in [2.05, 4.69) is 15.4 Å². The average Bonchev–Trinajstić information content (AvgIpc) is 3.10. The van der Waals surface area contributed by atoms with Crippen molar-refractivity contribution < 1.29 is 27.1 Å². The number of carbonyl (C=O) groups is 1. The largest absolute Gasteiger partial charge is 0.461 e. The lowest BCUT2D eigenvalue weighted by Gasteiger charge is -2.19. The molecule has 1 amide bonds. The molecule has 4 nitrogen and oxygen atoms in total. The quantitative estimate of drug-likeness (QED) is 0.322. The van der Waals surface area contributed by atoms with Crippen LogP contribution in [-0.2, 0) is 4.79 Å². The molecule has 0 saturated heterocycles. The van der Waals surface area contributed by atoms with Crippen molar-refractivity contribution in [2.75, 3.05) is 5.32 Å². The third-order valence-electron chi connectivity index (χ3n) is 4.48. The molecule has 1 fully saturated rings. The molecule has 30 heavy (non-hydrogen) atoms. The highest BCUT2D eigenvalue weighted by Gasteiger charge is 2.60. The van der Waals surface area contributed by atoms with Crippen molar-refractivity contribution in [2.45, 2.75) is 26.4 Å². The lowest BCUT2D eigenvalue weighted by molar-refractivity contribution is -0.253. The van der Waals surface area contributed by atoms with Crippen LogP contribution in [0.25, 0.3) is 0 Å². The van der Waals surface area contributed by atoms with Crippen molar-refractivity contribution in [3.05, 3.63) is 32.7 Å². The Morgan fingerprint density at radius 2 is 1.80 bits per heavy atom. The Balaban J connectivity index is 2.06. The highest BCUT2D eigenvalue weighted by Crippen LogP contribution is 2.59. The Hall–Kier alpha value is -1.00. The van der Waals surface area contributed by atoms with Crippen LogP contribution in [0.5, 0.6) is 5.75 Å². The molecule has 1 aliphatic rings. The average molecular weight is 528 g/mol. The highest BCUT2D eigenvalue weighted by molar-refractivity contribution is 7.80. The minimum Gasteiger partial charge on any atom is -0.425 e. The number of benzene rings is 1. The fraction of sp³-hybridized carbons (Fsp3) is 0.412. The van der Waals surface area contributed by atoms with Gasteiger partial charge in [0, 0.05) is 5.69 Å². The lowest BCUT2D eigenvalue weighted by Crippen LogP contribution is -2.36. The van der Waals surface area contributed by atoms with Crippen molar-refractivity contribution in [3.8, 4) is 5.75 Å². The third-order valence-corrected chi connectivity index (χ3v) is 5.50. The molecule has 2 N–H and O–H groups in total. The first kappa shape index (κ1) is 25.3. The molecule has 0 bridgehead atoms. The van der Waals surface area contributed by atoms with Crippen LogP contribution >= 0.6 is 58.6 Å². The van der Waals surface area contributed by atoms with Crippen LogP contribution in [-0.4, -0.2) is 23.6 Å². The molecule has 0 aliphatic heterocycles. The Morgan fingerprint density at radius 1 is 1.27 bits per heavy atom. The zero-order chi connectivity index (χ0) is 23.0. The number of rotatable bonds is 6. The van der Waals surface area contributed by atoms with Crippen molar-refractivity contribution in [1.29, 1.82) is 0 Å². The molecule has 0 heterocycles. The van der Waals surface area contributed by atoms with E-state index < -0.39 is 34.2 Å². The first-order valence-corrected chi connectivity index (χ1v) is 10.1. The summed E-state index contributed by atoms with van der Waals surface area (Å²) < 4.78 is 54.8. The van der Waals surface area contributed by atoms with Gasteiger partial charge < -0.3 is 15.4 Å². The van der Waals surface area contributed by atoms with E-state index >= 15 is 0 Å². The molecule has 1 aliphatic carbocycles. The Kier molecular flexibility index (Phi) is 7.78. The molecular weight excluding hydrogens is 514 g/mol. The first-order chi connectivity index (χ1) is 13.7. The fourth-order valence-corrected chi connectivity index (χ4v) is 3.94. The summed E-state index contributed by atoms with van der Waals surface area (Å²) in [7, 11) is 0. The van der Waals surface area contributed by atoms with Crippen LogP contribution in [0.2, 0.25) is 10.0 Å². The number of alkyl halides is 4. The van der Waals surface area contributed by atoms with Crippen LogP contribution < -0.4 is 15.4 Å². The van der Waals surface area contributed by atoms with Gasteiger partial charge in [-0.2, -0.15) is 17.6 Å². The zero-order valence-corrected chi connectivity index (χ0v) is 19.1. The number of thiocarbonyl (C=S) groups is 1. The number of anilines is 1. The van der Waals surface area contributed by atoms with Crippen molar-refractivity contribution in [3.63, 3.8) is 0 Å². The van der Waals surface area contributed by atoms with Gasteiger partial charge >= 0.3 is 12.5 Å². The van der Waals surface area contributed by atoms with Gasteiger partial charge in [-0.3, -0.25) is 4.79 Å². The van der Waals surface area contributed by atoms with E-state index in [9.17, 15) is 22.4 Å². The second-order valence-corrected chi connectivity index (χ2v) is 9.19. The second kappa shape index (κ2) is 9.24. The summed E-state index contributed by atoms with van der Waals surface area (Å²) in [6, 6.07) is 2.14. The number of amides is 1. The second-order valence-electron chi connectivity index (χ2n) is 6.96. The van der Waals surface area contributed by atoms with Crippen molar-refractivity contribution in [1.82, 2.24) is 5.32 Å². The van der Waals surface area contributed by atoms with E-state index in [0.717, 1.165) is 12.1 Å². The third kappa shape index (κ3) is 5.82. The molecule has 1 saturated carbocycles. The molecule has 0 spiro atoms. The summed E-state index contributed by atoms with van der Waals surface area (Å²) >= 11 is 28.0. The normalized spacial score (nSPS) is 19.8. The molecule has 0 radical (unpaired) electrons. The summed E-state index contributed by atoms with van der Waals surface area (Å²) in [5.74, 6) is -1.81. The van der Waals surface area contributed by atoms with Gasteiger partial charge in [0.15, 0.2) is 10.9 Å². The van der Waals surface area contributed by atoms with E-state index in [4.69, 9.17) is 58.6 Å². The van der Waals surface area contributed by atoms with Gasteiger partial charge in [-0.1, -0.05) is 60.3 Å². The summed E-state index contributed by atoms with van der Waals surface area (Å²) in [6.45, 7) is 3.72.